The van der Waals surface area contributed by atoms with E-state index in [2.05, 4.69) is 22.7 Å². The number of ether oxygens (including phenoxy) is 1. The number of nitrogens with one attached hydrogen (secondary N) is 2. The lowest BCUT2D eigenvalue weighted by Gasteiger charge is -2.13. The van der Waals surface area contributed by atoms with Crippen LogP contribution in [0.4, 0.5) is 5.69 Å². The van der Waals surface area contributed by atoms with E-state index in [0.29, 0.717) is 12.6 Å². The number of unbranched alkanes of at least 4 members (excludes halogenated alkanes) is 1. The van der Waals surface area contributed by atoms with E-state index in [-0.39, 0.29) is 0 Å². The lowest BCUT2D eigenvalue weighted by atomic mass is 10.2. The quantitative estimate of drug-likeness (QED) is 0.237. The van der Waals surface area contributed by atoms with E-state index in [4.69, 9.17) is 10.6 Å². The summed E-state index contributed by atoms with van der Waals surface area (Å²) in [4.78, 5) is 4.36. The second-order valence-corrected chi connectivity index (χ2v) is 3.94. The van der Waals surface area contributed by atoms with Crippen molar-refractivity contribution in [2.24, 2.45) is 10.8 Å². The summed E-state index contributed by atoms with van der Waals surface area (Å²) in [5.74, 6) is 6.03. The van der Waals surface area contributed by atoms with Crippen LogP contribution >= 0.6 is 0 Å². The van der Waals surface area contributed by atoms with Gasteiger partial charge in [0.25, 0.3) is 0 Å². The number of hydrazine groups is 1. The van der Waals surface area contributed by atoms with Crippen molar-refractivity contribution < 1.29 is 4.74 Å². The Bertz CT molecular complexity index is 379. The number of nitrogens with two attached hydrogens (primary N) is 1. The molecule has 5 nitrogen and oxygen atoms in total. The number of aliphatic imine (C=N–C) groups is 1. The smallest absolute Gasteiger partial charge is 0.210 e. The van der Waals surface area contributed by atoms with Crippen LogP contribution in [0, 0.1) is 0 Å². The minimum Gasteiger partial charge on any atom is -0.380 e. The lowest BCUT2D eigenvalue weighted by Crippen LogP contribution is -2.36. The molecular weight excluding hydrogens is 228 g/mol. The molecule has 0 aliphatic heterocycles. The Balaban J connectivity index is 2.71. The topological polar surface area (TPSA) is 71.7 Å². The van der Waals surface area contributed by atoms with Gasteiger partial charge in [-0.1, -0.05) is 31.5 Å². The molecule has 0 bridgehead atoms. The van der Waals surface area contributed by atoms with Gasteiger partial charge in [0.1, 0.15) is 0 Å². The molecule has 1 aromatic rings. The molecule has 0 fully saturated rings. The molecule has 18 heavy (non-hydrogen) atoms. The molecule has 0 amide bonds. The molecule has 0 aromatic heterocycles. The number of nitrogens with zero attached hydrogens (tertiary/aromatic N) is 1. The van der Waals surface area contributed by atoms with E-state index >= 15 is 0 Å². The highest BCUT2D eigenvalue weighted by Crippen LogP contribution is 2.15. The Kier molecular flexibility index (Phi) is 6.83. The van der Waals surface area contributed by atoms with Gasteiger partial charge in [0, 0.05) is 24.9 Å². The van der Waals surface area contributed by atoms with Crippen LogP contribution in [0.5, 0.6) is 0 Å². The zero-order chi connectivity index (χ0) is 13.2. The number of methoxy groups -OCH3 is 1. The lowest BCUT2D eigenvalue weighted by molar-refractivity contribution is 0.185. The zero-order valence-corrected chi connectivity index (χ0v) is 11.1. The van der Waals surface area contributed by atoms with Crippen LogP contribution in [0.2, 0.25) is 0 Å². The van der Waals surface area contributed by atoms with Crippen molar-refractivity contribution >= 4 is 11.6 Å². The monoisotopic (exact) mass is 250 g/mol. The number of guanidine groups is 1. The molecule has 4 N–H and O–H groups in total. The van der Waals surface area contributed by atoms with E-state index in [9.17, 15) is 0 Å². The fourth-order valence-corrected chi connectivity index (χ4v) is 1.52. The van der Waals surface area contributed by atoms with E-state index in [0.717, 1.165) is 30.6 Å². The molecule has 0 radical (unpaired) electrons. The Morgan fingerprint density at radius 2 is 2.17 bits per heavy atom. The Labute approximate surface area is 108 Å². The maximum Gasteiger partial charge on any atom is 0.210 e. The first kappa shape index (κ1) is 14.5. The van der Waals surface area contributed by atoms with Crippen LogP contribution in [-0.2, 0) is 11.3 Å². The van der Waals surface area contributed by atoms with Crippen LogP contribution < -0.4 is 16.6 Å². The van der Waals surface area contributed by atoms with Gasteiger partial charge in [0.05, 0.1) is 6.61 Å². The largest absolute Gasteiger partial charge is 0.380 e. The summed E-state index contributed by atoms with van der Waals surface area (Å²) in [5, 5.41) is 3.17. The number of rotatable bonds is 6. The van der Waals surface area contributed by atoms with Crippen molar-refractivity contribution in [1.82, 2.24) is 5.43 Å². The van der Waals surface area contributed by atoms with Gasteiger partial charge in [-0.2, -0.15) is 0 Å². The van der Waals surface area contributed by atoms with Crippen LogP contribution in [0.15, 0.2) is 29.3 Å². The fourth-order valence-electron chi connectivity index (χ4n) is 1.52. The highest BCUT2D eigenvalue weighted by atomic mass is 16.5. The molecule has 0 saturated heterocycles. The molecule has 100 valence electrons. The summed E-state index contributed by atoms with van der Waals surface area (Å²) in [6, 6.07) is 7.91. The predicted molar refractivity (Wildman–Crippen MR) is 75.3 cm³/mol. The molecule has 0 aliphatic rings. The van der Waals surface area contributed by atoms with E-state index in [1.165, 1.54) is 0 Å². The first-order chi connectivity index (χ1) is 8.81. The minimum absolute atomic E-state index is 0.552. The van der Waals surface area contributed by atoms with Crippen LogP contribution in [0.3, 0.4) is 0 Å². The normalized spacial score (nSPS) is 11.4. The van der Waals surface area contributed by atoms with Gasteiger partial charge < -0.3 is 10.1 Å². The molecule has 0 spiro atoms. The molecule has 0 aliphatic carbocycles. The van der Waals surface area contributed by atoms with Gasteiger partial charge >= 0.3 is 0 Å². The van der Waals surface area contributed by atoms with Crippen molar-refractivity contribution in [3.63, 3.8) is 0 Å². The van der Waals surface area contributed by atoms with Crippen LogP contribution in [-0.4, -0.2) is 19.6 Å². The maximum absolute atomic E-state index is 5.45. The van der Waals surface area contributed by atoms with E-state index in [1.54, 1.807) is 7.11 Å². The molecule has 1 rings (SSSR count). The number of anilines is 1. The third kappa shape index (κ3) is 4.73. The standard InChI is InChI=1S/C13H22N4O/c1-3-4-9-15-13(17-14)16-12-8-6-5-7-11(12)10-18-2/h5-8H,3-4,9-10,14H2,1-2H3,(H2,15,16,17). The van der Waals surface area contributed by atoms with Gasteiger partial charge in [-0.15, -0.1) is 0 Å². The van der Waals surface area contributed by atoms with Crippen molar-refractivity contribution in [3.8, 4) is 0 Å². The summed E-state index contributed by atoms with van der Waals surface area (Å²) >= 11 is 0. The first-order valence-electron chi connectivity index (χ1n) is 6.16. The molecule has 0 atom stereocenters. The number of para-hydroxylation sites is 1. The summed E-state index contributed by atoms with van der Waals surface area (Å²) in [7, 11) is 1.67. The van der Waals surface area contributed by atoms with Gasteiger partial charge in [-0.3, -0.25) is 10.4 Å². The second kappa shape index (κ2) is 8.49. The van der Waals surface area contributed by atoms with Crippen LogP contribution in [0.1, 0.15) is 25.3 Å². The molecule has 0 heterocycles. The highest BCUT2D eigenvalue weighted by molar-refractivity contribution is 5.93. The SMILES string of the molecule is CCCCN=C(NN)Nc1ccccc1COC. The molecule has 1 aromatic carbocycles. The Morgan fingerprint density at radius 1 is 1.39 bits per heavy atom. The van der Waals surface area contributed by atoms with Gasteiger partial charge in [-0.25, -0.2) is 5.84 Å². The summed E-state index contributed by atoms with van der Waals surface area (Å²) in [6.07, 6.45) is 2.16. The summed E-state index contributed by atoms with van der Waals surface area (Å²) in [6.45, 7) is 3.44. The zero-order valence-electron chi connectivity index (χ0n) is 11.1. The number of benzene rings is 1. The van der Waals surface area contributed by atoms with Crippen molar-refractivity contribution in [3.05, 3.63) is 29.8 Å². The van der Waals surface area contributed by atoms with Crippen molar-refractivity contribution in [1.29, 1.82) is 0 Å². The van der Waals surface area contributed by atoms with E-state index < -0.39 is 0 Å². The van der Waals surface area contributed by atoms with Gasteiger partial charge in [0.2, 0.25) is 5.96 Å². The molecule has 5 heteroatoms. The second-order valence-electron chi connectivity index (χ2n) is 3.94. The average molecular weight is 250 g/mol. The van der Waals surface area contributed by atoms with Crippen molar-refractivity contribution in [2.45, 2.75) is 26.4 Å². The molecule has 0 unspecified atom stereocenters. The van der Waals surface area contributed by atoms with Crippen molar-refractivity contribution in [2.75, 3.05) is 19.0 Å². The fraction of sp³-hybridized carbons (Fsp3) is 0.462. The summed E-state index contributed by atoms with van der Waals surface area (Å²) < 4.78 is 5.15. The van der Waals surface area contributed by atoms with E-state index in [1.807, 2.05) is 24.3 Å². The Hall–Kier alpha value is -1.59. The third-order valence-corrected chi connectivity index (χ3v) is 2.49. The molecule has 0 saturated carbocycles. The maximum atomic E-state index is 5.45. The number of hydrogen-bond acceptors (Lipinski definition) is 3. The van der Waals surface area contributed by atoms with Crippen LogP contribution in [0.25, 0.3) is 0 Å². The number of hydrogen-bond donors (Lipinski definition) is 3. The Morgan fingerprint density at radius 3 is 2.83 bits per heavy atom. The summed E-state index contributed by atoms with van der Waals surface area (Å²) in [5.41, 5.74) is 4.60. The van der Waals surface area contributed by atoms with Gasteiger partial charge in [-0.05, 0) is 12.5 Å². The highest BCUT2D eigenvalue weighted by Gasteiger charge is 2.03. The first-order valence-corrected chi connectivity index (χ1v) is 6.16. The van der Waals surface area contributed by atoms with Gasteiger partial charge in [0.15, 0.2) is 0 Å². The molecular formula is C13H22N4O. The minimum atomic E-state index is 0.552. The predicted octanol–water partition coefficient (Wildman–Crippen LogP) is 1.86. The third-order valence-electron chi connectivity index (χ3n) is 2.49. The average Bonchev–Trinajstić information content (AvgIpc) is 2.40.